The first-order valence-corrected chi connectivity index (χ1v) is 6.68. The van der Waals surface area contributed by atoms with Gasteiger partial charge in [0.15, 0.2) is 0 Å². The van der Waals surface area contributed by atoms with E-state index in [1.165, 1.54) is 38.5 Å². The van der Waals surface area contributed by atoms with E-state index in [-0.39, 0.29) is 12.2 Å². The molecule has 3 unspecified atom stereocenters. The highest BCUT2D eigenvalue weighted by atomic mass is 16.5. The molecule has 0 aromatic carbocycles. The molecule has 0 spiro atoms. The molecule has 1 saturated carbocycles. The largest absolute Gasteiger partial charge is 0.391 e. The molecule has 3 nitrogen and oxygen atoms in total. The smallest absolute Gasteiger partial charge is 0.0807 e. The van der Waals surface area contributed by atoms with E-state index in [2.05, 4.69) is 0 Å². The maximum absolute atomic E-state index is 9.45. The van der Waals surface area contributed by atoms with E-state index in [4.69, 9.17) is 10.5 Å². The minimum atomic E-state index is -0.417. The van der Waals surface area contributed by atoms with E-state index >= 15 is 0 Å². The Hall–Kier alpha value is -0.120. The molecular formula is C13H27NO2. The summed E-state index contributed by atoms with van der Waals surface area (Å²) in [7, 11) is 0. The van der Waals surface area contributed by atoms with Crippen LogP contribution in [0.15, 0.2) is 0 Å². The van der Waals surface area contributed by atoms with Crippen molar-refractivity contribution in [1.82, 2.24) is 0 Å². The number of aliphatic hydroxyl groups excluding tert-OH is 1. The number of nitrogens with two attached hydrogens (primary N) is 1. The van der Waals surface area contributed by atoms with Crippen molar-refractivity contribution in [3.05, 3.63) is 0 Å². The molecule has 0 aromatic heterocycles. The molecule has 0 aromatic rings. The summed E-state index contributed by atoms with van der Waals surface area (Å²) in [5.41, 5.74) is 5.80. The Morgan fingerprint density at radius 1 is 1.19 bits per heavy atom. The minimum Gasteiger partial charge on any atom is -0.391 e. The molecule has 1 aliphatic rings. The zero-order valence-corrected chi connectivity index (χ0v) is 10.7. The molecule has 0 bridgehead atoms. The Balaban J connectivity index is 2.44. The molecule has 3 heteroatoms. The topological polar surface area (TPSA) is 55.5 Å². The van der Waals surface area contributed by atoms with Gasteiger partial charge in [-0.25, -0.2) is 0 Å². The summed E-state index contributed by atoms with van der Waals surface area (Å²) in [5, 5.41) is 9.45. The van der Waals surface area contributed by atoms with Crippen LogP contribution >= 0.6 is 0 Å². The molecular weight excluding hydrogens is 202 g/mol. The van der Waals surface area contributed by atoms with Crippen LogP contribution in [0, 0.1) is 5.92 Å². The molecule has 1 aliphatic carbocycles. The zero-order chi connectivity index (χ0) is 12.0. The summed E-state index contributed by atoms with van der Waals surface area (Å²) < 4.78 is 5.88. The monoisotopic (exact) mass is 229 g/mol. The predicted molar refractivity (Wildman–Crippen MR) is 66.3 cm³/mol. The highest BCUT2D eigenvalue weighted by Crippen LogP contribution is 2.27. The van der Waals surface area contributed by atoms with Gasteiger partial charge in [0.1, 0.15) is 0 Å². The third-order valence-corrected chi connectivity index (χ3v) is 3.73. The average Bonchev–Trinajstić information content (AvgIpc) is 2.53. The van der Waals surface area contributed by atoms with Crippen molar-refractivity contribution in [2.45, 2.75) is 70.7 Å². The summed E-state index contributed by atoms with van der Waals surface area (Å²) in [6, 6.07) is 0. The lowest BCUT2D eigenvalue weighted by atomic mass is 9.93. The zero-order valence-electron chi connectivity index (χ0n) is 10.7. The maximum atomic E-state index is 9.45. The first-order valence-electron chi connectivity index (χ1n) is 6.68. The van der Waals surface area contributed by atoms with E-state index in [0.717, 1.165) is 0 Å². The second kappa shape index (κ2) is 7.25. The average molecular weight is 229 g/mol. The predicted octanol–water partition coefficient (Wildman–Crippen LogP) is 2.07. The fraction of sp³-hybridized carbons (Fsp3) is 1.00. The Morgan fingerprint density at radius 3 is 2.19 bits per heavy atom. The highest BCUT2D eigenvalue weighted by molar-refractivity contribution is 4.76. The van der Waals surface area contributed by atoms with Crippen LogP contribution in [0.4, 0.5) is 0 Å². The second-order valence-corrected chi connectivity index (χ2v) is 5.11. The molecule has 1 fully saturated rings. The van der Waals surface area contributed by atoms with Crippen LogP contribution in [-0.2, 0) is 4.74 Å². The lowest BCUT2D eigenvalue weighted by Crippen LogP contribution is -2.37. The van der Waals surface area contributed by atoms with Crippen molar-refractivity contribution in [3.8, 4) is 0 Å². The van der Waals surface area contributed by atoms with Crippen molar-refractivity contribution < 1.29 is 9.84 Å². The number of hydrogen-bond donors (Lipinski definition) is 2. The van der Waals surface area contributed by atoms with Crippen LogP contribution in [0.25, 0.3) is 0 Å². The van der Waals surface area contributed by atoms with Crippen LogP contribution in [0.3, 0.4) is 0 Å². The van der Waals surface area contributed by atoms with Crippen LogP contribution in [0.5, 0.6) is 0 Å². The van der Waals surface area contributed by atoms with Crippen molar-refractivity contribution in [2.75, 3.05) is 6.54 Å². The molecule has 16 heavy (non-hydrogen) atoms. The van der Waals surface area contributed by atoms with Gasteiger partial charge in [0, 0.05) is 6.54 Å². The molecule has 1 rings (SSSR count). The van der Waals surface area contributed by atoms with E-state index in [1.807, 2.05) is 6.92 Å². The summed E-state index contributed by atoms with van der Waals surface area (Å²) in [5.74, 6) is 0.591. The van der Waals surface area contributed by atoms with Gasteiger partial charge in [0.25, 0.3) is 0 Å². The first-order chi connectivity index (χ1) is 7.65. The standard InChI is InChI=1S/C13H27NO2/c1-10(15)11(2)16-13(9-14)12-7-5-3-4-6-8-12/h10-13,15H,3-9,14H2,1-2H3. The second-order valence-electron chi connectivity index (χ2n) is 5.11. The van der Waals surface area contributed by atoms with Gasteiger partial charge in [-0.2, -0.15) is 0 Å². The summed E-state index contributed by atoms with van der Waals surface area (Å²) in [6.07, 6.45) is 7.35. The minimum absolute atomic E-state index is 0.114. The third-order valence-electron chi connectivity index (χ3n) is 3.73. The Kier molecular flexibility index (Phi) is 6.32. The fourth-order valence-electron chi connectivity index (χ4n) is 2.43. The van der Waals surface area contributed by atoms with Crippen LogP contribution in [0.2, 0.25) is 0 Å². The third kappa shape index (κ3) is 4.40. The van der Waals surface area contributed by atoms with E-state index in [9.17, 15) is 5.11 Å². The van der Waals surface area contributed by atoms with E-state index in [1.54, 1.807) is 6.92 Å². The summed E-state index contributed by atoms with van der Waals surface area (Å²) >= 11 is 0. The maximum Gasteiger partial charge on any atom is 0.0807 e. The molecule has 3 N–H and O–H groups in total. The fourth-order valence-corrected chi connectivity index (χ4v) is 2.43. The molecule has 3 atom stereocenters. The highest BCUT2D eigenvalue weighted by Gasteiger charge is 2.25. The van der Waals surface area contributed by atoms with Gasteiger partial charge in [0.05, 0.1) is 18.3 Å². The first kappa shape index (κ1) is 13.9. The van der Waals surface area contributed by atoms with Gasteiger partial charge in [-0.15, -0.1) is 0 Å². The summed E-state index contributed by atoms with van der Waals surface area (Å²) in [4.78, 5) is 0. The van der Waals surface area contributed by atoms with Gasteiger partial charge < -0.3 is 15.6 Å². The van der Waals surface area contributed by atoms with Crippen LogP contribution < -0.4 is 5.73 Å². The SMILES string of the molecule is CC(O)C(C)OC(CN)C1CCCCCC1. The van der Waals surface area contributed by atoms with Gasteiger partial charge in [-0.1, -0.05) is 25.7 Å². The lowest BCUT2D eigenvalue weighted by Gasteiger charge is -2.29. The number of rotatable bonds is 5. The molecule has 0 saturated heterocycles. The van der Waals surface area contributed by atoms with Crippen molar-refractivity contribution in [1.29, 1.82) is 0 Å². The number of ether oxygens (including phenoxy) is 1. The summed E-state index contributed by atoms with van der Waals surface area (Å²) in [6.45, 7) is 4.26. The quantitative estimate of drug-likeness (QED) is 0.710. The van der Waals surface area contributed by atoms with Gasteiger partial charge in [-0.3, -0.25) is 0 Å². The van der Waals surface area contributed by atoms with Gasteiger partial charge in [0.2, 0.25) is 0 Å². The van der Waals surface area contributed by atoms with Crippen LogP contribution in [-0.4, -0.2) is 30.0 Å². The Bertz CT molecular complexity index is 177. The van der Waals surface area contributed by atoms with Crippen LogP contribution in [0.1, 0.15) is 52.4 Å². The van der Waals surface area contributed by atoms with E-state index < -0.39 is 6.10 Å². The molecule has 96 valence electrons. The number of aliphatic hydroxyl groups is 1. The van der Waals surface area contributed by atoms with Crippen molar-refractivity contribution >= 4 is 0 Å². The molecule has 0 amide bonds. The lowest BCUT2D eigenvalue weighted by molar-refractivity contribution is -0.0802. The molecule has 0 aliphatic heterocycles. The van der Waals surface area contributed by atoms with Gasteiger partial charge >= 0.3 is 0 Å². The van der Waals surface area contributed by atoms with Crippen molar-refractivity contribution in [2.24, 2.45) is 11.7 Å². The molecule has 0 heterocycles. The van der Waals surface area contributed by atoms with Crippen molar-refractivity contribution in [3.63, 3.8) is 0 Å². The van der Waals surface area contributed by atoms with Gasteiger partial charge in [-0.05, 0) is 32.6 Å². The van der Waals surface area contributed by atoms with E-state index in [0.29, 0.717) is 12.5 Å². The molecule has 0 radical (unpaired) electrons. The Labute approximate surface area is 99.4 Å². The number of hydrogen-bond acceptors (Lipinski definition) is 3. The normalized spacial score (nSPS) is 24.8. The Morgan fingerprint density at radius 2 is 1.75 bits per heavy atom.